The molecule has 3 rings (SSSR count). The monoisotopic (exact) mass is 385 g/mol. The quantitative estimate of drug-likeness (QED) is 0.647. The second kappa shape index (κ2) is 7.09. The van der Waals surface area contributed by atoms with Crippen LogP contribution in [0.25, 0.3) is 11.8 Å². The summed E-state index contributed by atoms with van der Waals surface area (Å²) in [4.78, 5) is 25.9. The van der Waals surface area contributed by atoms with Gasteiger partial charge in [-0.3, -0.25) is 14.5 Å². The molecule has 1 aliphatic heterocycles. The summed E-state index contributed by atoms with van der Waals surface area (Å²) in [5.74, 6) is -0.491. The van der Waals surface area contributed by atoms with Gasteiger partial charge in [0.1, 0.15) is 4.32 Å². The maximum atomic E-state index is 12.4. The largest absolute Gasteiger partial charge is 0.366 e. The zero-order valence-electron chi connectivity index (χ0n) is 14.8. The lowest BCUT2D eigenvalue weighted by atomic mass is 10.2. The number of likely N-dealkylation sites (N-methyl/N-ethyl adjacent to an activating group) is 1. The predicted molar refractivity (Wildman–Crippen MR) is 109 cm³/mol. The van der Waals surface area contributed by atoms with Gasteiger partial charge in [-0.15, -0.1) is 0 Å². The zero-order valence-corrected chi connectivity index (χ0v) is 16.4. The summed E-state index contributed by atoms with van der Waals surface area (Å²) in [6.45, 7) is 6.49. The number of nitrogens with zero attached hydrogens (tertiary/aromatic N) is 2. The molecule has 2 N–H and O–H groups in total. The molecule has 2 amide bonds. The smallest absolute Gasteiger partial charge is 0.266 e. The summed E-state index contributed by atoms with van der Waals surface area (Å²) in [5, 5.41) is 0. The van der Waals surface area contributed by atoms with E-state index in [-0.39, 0.29) is 5.91 Å². The Morgan fingerprint density at radius 2 is 1.92 bits per heavy atom. The number of amides is 2. The van der Waals surface area contributed by atoms with Gasteiger partial charge in [-0.05, 0) is 62.7 Å². The normalized spacial score (nSPS) is 16.0. The van der Waals surface area contributed by atoms with E-state index in [4.69, 9.17) is 18.0 Å². The van der Waals surface area contributed by atoms with Crippen LogP contribution < -0.4 is 5.73 Å². The van der Waals surface area contributed by atoms with Crippen LogP contribution in [0.15, 0.2) is 35.2 Å². The van der Waals surface area contributed by atoms with Crippen LogP contribution in [0, 0.1) is 13.8 Å². The number of benzene rings is 1. The molecule has 1 saturated heterocycles. The number of aromatic nitrogens is 1. The van der Waals surface area contributed by atoms with E-state index in [1.165, 1.54) is 11.8 Å². The van der Waals surface area contributed by atoms with E-state index >= 15 is 0 Å². The van der Waals surface area contributed by atoms with Crippen molar-refractivity contribution in [1.29, 1.82) is 0 Å². The lowest BCUT2D eigenvalue weighted by Crippen LogP contribution is -2.27. The molecule has 2 heterocycles. The molecule has 0 spiro atoms. The number of carbonyl (C=O) groups is 2. The summed E-state index contributed by atoms with van der Waals surface area (Å²) in [6, 6.07) is 9.18. The Hall–Kier alpha value is -2.38. The van der Waals surface area contributed by atoms with E-state index in [1.807, 2.05) is 45.0 Å². The fourth-order valence-corrected chi connectivity index (χ4v) is 4.39. The van der Waals surface area contributed by atoms with E-state index in [0.29, 0.717) is 21.3 Å². The van der Waals surface area contributed by atoms with Crippen molar-refractivity contribution >= 4 is 46.2 Å². The van der Waals surface area contributed by atoms with Gasteiger partial charge in [0.25, 0.3) is 5.91 Å². The minimum atomic E-state index is -0.448. The number of primary amides is 1. The molecule has 2 aromatic rings. The first-order valence-corrected chi connectivity index (χ1v) is 9.40. The van der Waals surface area contributed by atoms with Crippen LogP contribution in [0.4, 0.5) is 0 Å². The van der Waals surface area contributed by atoms with Crippen molar-refractivity contribution in [1.82, 2.24) is 9.47 Å². The number of rotatable bonds is 4. The van der Waals surface area contributed by atoms with Gasteiger partial charge in [0.15, 0.2) is 0 Å². The molecule has 0 bridgehead atoms. The lowest BCUT2D eigenvalue weighted by Gasteiger charge is -2.10. The summed E-state index contributed by atoms with van der Waals surface area (Å²) in [7, 11) is 0. The van der Waals surface area contributed by atoms with Gasteiger partial charge < -0.3 is 10.3 Å². The highest BCUT2D eigenvalue weighted by Gasteiger charge is 2.30. The van der Waals surface area contributed by atoms with Crippen LogP contribution in [-0.4, -0.2) is 32.1 Å². The van der Waals surface area contributed by atoms with Crippen LogP contribution in [0.3, 0.4) is 0 Å². The summed E-state index contributed by atoms with van der Waals surface area (Å²) < 4.78 is 2.68. The van der Waals surface area contributed by atoms with Crippen LogP contribution in [0.2, 0.25) is 0 Å². The van der Waals surface area contributed by atoms with Crippen molar-refractivity contribution in [3.05, 3.63) is 57.8 Å². The van der Waals surface area contributed by atoms with E-state index in [9.17, 15) is 9.59 Å². The minimum Gasteiger partial charge on any atom is -0.366 e. The summed E-state index contributed by atoms with van der Waals surface area (Å²) in [6.07, 6.45) is 1.89. The van der Waals surface area contributed by atoms with E-state index in [1.54, 1.807) is 17.0 Å². The Kier molecular flexibility index (Phi) is 5.02. The average molecular weight is 386 g/mol. The van der Waals surface area contributed by atoms with Gasteiger partial charge in [-0.1, -0.05) is 24.0 Å². The van der Waals surface area contributed by atoms with Gasteiger partial charge in [-0.2, -0.15) is 0 Å². The number of thiocarbonyl (C=S) groups is 1. The minimum absolute atomic E-state index is 0.0434. The fraction of sp³-hybridized carbons (Fsp3) is 0.211. The van der Waals surface area contributed by atoms with Gasteiger partial charge in [-0.25, -0.2) is 0 Å². The van der Waals surface area contributed by atoms with Gasteiger partial charge in [0.05, 0.1) is 4.91 Å². The highest BCUT2D eigenvalue weighted by Crippen LogP contribution is 2.33. The zero-order chi connectivity index (χ0) is 19.0. The Morgan fingerprint density at radius 3 is 2.46 bits per heavy atom. The van der Waals surface area contributed by atoms with Crippen molar-refractivity contribution in [2.75, 3.05) is 6.54 Å². The molecule has 5 nitrogen and oxygen atoms in total. The molecule has 1 aromatic heterocycles. The number of nitrogens with two attached hydrogens (primary N) is 1. The molecule has 1 aromatic carbocycles. The highest BCUT2D eigenvalue weighted by atomic mass is 32.2. The SMILES string of the molecule is CCN1C(=O)C(=Cc2cc(C)n(-c3ccc(C(N)=O)cc3)c2C)SC1=S. The fourth-order valence-electron chi connectivity index (χ4n) is 3.02. The molecule has 0 radical (unpaired) electrons. The number of aryl methyl sites for hydroxylation is 1. The molecule has 26 heavy (non-hydrogen) atoms. The Labute approximate surface area is 161 Å². The molecular weight excluding hydrogens is 366 g/mol. The number of thioether (sulfide) groups is 1. The van der Waals surface area contributed by atoms with Gasteiger partial charge >= 0.3 is 0 Å². The van der Waals surface area contributed by atoms with Gasteiger partial charge in [0, 0.05) is 29.2 Å². The second-order valence-corrected chi connectivity index (χ2v) is 7.67. The van der Waals surface area contributed by atoms with Crippen LogP contribution in [-0.2, 0) is 4.79 Å². The molecule has 0 aliphatic carbocycles. The average Bonchev–Trinajstić information content (AvgIpc) is 3.03. The van der Waals surface area contributed by atoms with Crippen LogP contribution in [0.1, 0.15) is 34.2 Å². The first kappa shape index (κ1) is 18.4. The molecule has 1 aliphatic rings. The molecule has 1 fully saturated rings. The van der Waals surface area contributed by atoms with Crippen LogP contribution in [0.5, 0.6) is 0 Å². The lowest BCUT2D eigenvalue weighted by molar-refractivity contribution is -0.121. The van der Waals surface area contributed by atoms with E-state index in [0.717, 1.165) is 22.6 Å². The maximum Gasteiger partial charge on any atom is 0.266 e. The third kappa shape index (κ3) is 3.20. The Balaban J connectivity index is 1.99. The van der Waals surface area contributed by atoms with Crippen molar-refractivity contribution in [2.24, 2.45) is 5.73 Å². The first-order valence-electron chi connectivity index (χ1n) is 8.18. The van der Waals surface area contributed by atoms with Crippen molar-refractivity contribution in [3.63, 3.8) is 0 Å². The second-order valence-electron chi connectivity index (χ2n) is 6.00. The summed E-state index contributed by atoms with van der Waals surface area (Å²) >= 11 is 6.60. The molecule has 0 saturated carbocycles. The van der Waals surface area contributed by atoms with E-state index in [2.05, 4.69) is 4.57 Å². The molecule has 0 unspecified atom stereocenters. The van der Waals surface area contributed by atoms with Crippen LogP contribution >= 0.6 is 24.0 Å². The molecular formula is C19H19N3O2S2. The molecule has 7 heteroatoms. The number of hydrogen-bond donors (Lipinski definition) is 1. The van der Waals surface area contributed by atoms with Crippen molar-refractivity contribution < 1.29 is 9.59 Å². The Bertz CT molecular complexity index is 942. The standard InChI is InChI=1S/C19H19N3O2S2/c1-4-21-18(24)16(26-19(21)25)10-14-9-11(2)22(12(14)3)15-7-5-13(6-8-15)17(20)23/h5-10H,4H2,1-3H3,(H2,20,23). The Morgan fingerprint density at radius 1 is 1.27 bits per heavy atom. The maximum absolute atomic E-state index is 12.4. The first-order chi connectivity index (χ1) is 12.3. The highest BCUT2D eigenvalue weighted by molar-refractivity contribution is 8.26. The molecule has 134 valence electrons. The predicted octanol–water partition coefficient (Wildman–Crippen LogP) is 3.41. The van der Waals surface area contributed by atoms with Crippen molar-refractivity contribution in [3.8, 4) is 5.69 Å². The van der Waals surface area contributed by atoms with E-state index < -0.39 is 5.91 Å². The molecule has 0 atom stereocenters. The third-order valence-corrected chi connectivity index (χ3v) is 5.73. The number of carbonyl (C=O) groups excluding carboxylic acids is 2. The van der Waals surface area contributed by atoms with Gasteiger partial charge in [0.2, 0.25) is 5.91 Å². The third-order valence-electron chi connectivity index (χ3n) is 4.36. The topological polar surface area (TPSA) is 68.3 Å². The van der Waals surface area contributed by atoms with Crippen molar-refractivity contribution in [2.45, 2.75) is 20.8 Å². The number of hydrogen-bond acceptors (Lipinski definition) is 4. The summed E-state index contributed by atoms with van der Waals surface area (Å²) in [5.41, 5.74) is 9.72.